The summed E-state index contributed by atoms with van der Waals surface area (Å²) < 4.78 is 5.35. The summed E-state index contributed by atoms with van der Waals surface area (Å²) in [5.41, 5.74) is 4.44. The number of rotatable bonds is 5. The predicted octanol–water partition coefficient (Wildman–Crippen LogP) is 4.12. The van der Waals surface area contributed by atoms with Crippen molar-refractivity contribution in [2.24, 2.45) is 0 Å². The molecule has 1 N–H and O–H groups in total. The van der Waals surface area contributed by atoms with Crippen LogP contribution in [0.3, 0.4) is 0 Å². The van der Waals surface area contributed by atoms with Crippen molar-refractivity contribution >= 4 is 17.2 Å². The van der Waals surface area contributed by atoms with Gasteiger partial charge in [-0.05, 0) is 49.1 Å². The first-order chi connectivity index (χ1) is 12.6. The quantitative estimate of drug-likeness (QED) is 0.882. The van der Waals surface area contributed by atoms with E-state index in [4.69, 9.17) is 4.74 Å². The molecule has 0 aromatic heterocycles. The molecule has 1 atom stereocenters. The first-order valence-corrected chi connectivity index (χ1v) is 9.02. The second-order valence-corrected chi connectivity index (χ2v) is 6.71. The lowest BCUT2D eigenvalue weighted by atomic mass is 9.99. The van der Waals surface area contributed by atoms with E-state index in [1.54, 1.807) is 7.11 Å². The lowest BCUT2D eigenvalue weighted by Gasteiger charge is -2.31. The van der Waals surface area contributed by atoms with Crippen LogP contribution in [0.25, 0.3) is 5.57 Å². The number of hydrogen-bond acceptors (Lipinski definition) is 3. The third kappa shape index (κ3) is 4.14. The second kappa shape index (κ2) is 8.19. The molecule has 4 nitrogen and oxygen atoms in total. The van der Waals surface area contributed by atoms with Crippen molar-refractivity contribution in [2.45, 2.75) is 26.3 Å². The maximum Gasteiger partial charge on any atom is 0.241 e. The van der Waals surface area contributed by atoms with Crippen LogP contribution in [0.1, 0.15) is 24.5 Å². The van der Waals surface area contributed by atoms with Crippen molar-refractivity contribution in [2.75, 3.05) is 25.5 Å². The molecule has 1 heterocycles. The van der Waals surface area contributed by atoms with Crippen molar-refractivity contribution in [3.8, 4) is 5.75 Å². The minimum absolute atomic E-state index is 0.00883. The zero-order valence-corrected chi connectivity index (χ0v) is 15.7. The number of nitrogens with one attached hydrogen (secondary N) is 1. The van der Waals surface area contributed by atoms with Crippen molar-refractivity contribution in [3.05, 3.63) is 65.7 Å². The Bertz CT molecular complexity index is 799. The van der Waals surface area contributed by atoms with Crippen molar-refractivity contribution in [1.82, 2.24) is 4.90 Å². The molecule has 4 heteroatoms. The zero-order chi connectivity index (χ0) is 18.5. The van der Waals surface area contributed by atoms with Gasteiger partial charge in [0.25, 0.3) is 0 Å². The van der Waals surface area contributed by atoms with Crippen LogP contribution in [0.5, 0.6) is 5.75 Å². The van der Waals surface area contributed by atoms with Gasteiger partial charge in [-0.2, -0.15) is 0 Å². The molecule has 136 valence electrons. The van der Waals surface area contributed by atoms with Crippen LogP contribution in [0, 0.1) is 6.92 Å². The summed E-state index contributed by atoms with van der Waals surface area (Å²) in [5, 5.41) is 3.02. The van der Waals surface area contributed by atoms with Gasteiger partial charge >= 0.3 is 0 Å². The molecule has 26 heavy (non-hydrogen) atoms. The summed E-state index contributed by atoms with van der Waals surface area (Å²) >= 11 is 0. The molecule has 1 aliphatic heterocycles. The summed E-state index contributed by atoms with van der Waals surface area (Å²) in [4.78, 5) is 14.9. The Hall–Kier alpha value is -2.59. The van der Waals surface area contributed by atoms with Gasteiger partial charge in [-0.15, -0.1) is 0 Å². The van der Waals surface area contributed by atoms with Crippen molar-refractivity contribution in [1.29, 1.82) is 0 Å². The van der Waals surface area contributed by atoms with Gasteiger partial charge in [0.05, 0.1) is 18.8 Å². The minimum atomic E-state index is -0.200. The SMILES string of the molecule is COc1ccc(C)cc1NC(=O)[C@H](C)N1CC=C(c2ccccc2)CC1. The molecule has 0 saturated heterocycles. The van der Waals surface area contributed by atoms with E-state index >= 15 is 0 Å². The summed E-state index contributed by atoms with van der Waals surface area (Å²) in [6, 6.07) is 16.0. The normalized spacial score (nSPS) is 15.9. The molecule has 3 rings (SSSR count). The Balaban J connectivity index is 1.65. The number of benzene rings is 2. The fourth-order valence-electron chi connectivity index (χ4n) is 3.27. The van der Waals surface area contributed by atoms with Gasteiger partial charge in [-0.1, -0.05) is 42.5 Å². The second-order valence-electron chi connectivity index (χ2n) is 6.71. The molecule has 0 bridgehead atoms. The van der Waals surface area contributed by atoms with Gasteiger partial charge in [-0.3, -0.25) is 9.69 Å². The highest BCUT2D eigenvalue weighted by Crippen LogP contribution is 2.26. The summed E-state index contributed by atoms with van der Waals surface area (Å²) in [6.07, 6.45) is 3.19. The van der Waals surface area contributed by atoms with E-state index in [1.165, 1.54) is 11.1 Å². The van der Waals surface area contributed by atoms with Crippen LogP contribution in [0.4, 0.5) is 5.69 Å². The molecule has 0 aliphatic carbocycles. The third-order valence-electron chi connectivity index (χ3n) is 4.93. The van der Waals surface area contributed by atoms with Crippen LogP contribution in [0.15, 0.2) is 54.6 Å². The number of aryl methyl sites for hydroxylation is 1. The molecule has 0 unspecified atom stereocenters. The topological polar surface area (TPSA) is 41.6 Å². The van der Waals surface area contributed by atoms with E-state index < -0.39 is 0 Å². The third-order valence-corrected chi connectivity index (χ3v) is 4.93. The van der Waals surface area contributed by atoms with Crippen LogP contribution >= 0.6 is 0 Å². The van der Waals surface area contributed by atoms with E-state index in [9.17, 15) is 4.79 Å². The summed E-state index contributed by atoms with van der Waals surface area (Å²) in [6.45, 7) is 5.61. The molecule has 2 aromatic rings. The Morgan fingerprint density at radius 3 is 2.62 bits per heavy atom. The number of carbonyl (C=O) groups excluding carboxylic acids is 1. The highest BCUT2D eigenvalue weighted by atomic mass is 16.5. The standard InChI is InChI=1S/C22H26N2O2/c1-16-9-10-21(26-3)20(15-16)23-22(25)17(2)24-13-11-19(12-14-24)18-7-5-4-6-8-18/h4-11,15,17H,12-14H2,1-3H3,(H,23,25)/t17-/m0/s1. The van der Waals surface area contributed by atoms with E-state index in [1.807, 2.05) is 38.1 Å². The molecular weight excluding hydrogens is 324 g/mol. The Labute approximate surface area is 155 Å². The average Bonchev–Trinajstić information content (AvgIpc) is 2.68. The number of hydrogen-bond donors (Lipinski definition) is 1. The average molecular weight is 350 g/mol. The Morgan fingerprint density at radius 1 is 1.19 bits per heavy atom. The molecule has 1 amide bonds. The van der Waals surface area contributed by atoms with E-state index in [0.717, 1.165) is 30.8 Å². The summed E-state index contributed by atoms with van der Waals surface area (Å²) in [5.74, 6) is 0.673. The largest absolute Gasteiger partial charge is 0.495 e. The van der Waals surface area contributed by atoms with E-state index in [-0.39, 0.29) is 11.9 Å². The monoisotopic (exact) mass is 350 g/mol. The van der Waals surface area contributed by atoms with Gasteiger partial charge in [0.15, 0.2) is 0 Å². The molecule has 0 saturated carbocycles. The fraction of sp³-hybridized carbons (Fsp3) is 0.318. The minimum Gasteiger partial charge on any atom is -0.495 e. The zero-order valence-electron chi connectivity index (χ0n) is 15.7. The molecule has 0 radical (unpaired) electrons. The van der Waals surface area contributed by atoms with E-state index in [2.05, 4.69) is 40.6 Å². The highest BCUT2D eigenvalue weighted by Gasteiger charge is 2.24. The number of methoxy groups -OCH3 is 1. The summed E-state index contributed by atoms with van der Waals surface area (Å²) in [7, 11) is 1.62. The number of ether oxygens (including phenoxy) is 1. The van der Waals surface area contributed by atoms with E-state index in [0.29, 0.717) is 5.75 Å². The number of carbonyl (C=O) groups is 1. The maximum absolute atomic E-state index is 12.7. The molecule has 0 fully saturated rings. The van der Waals surface area contributed by atoms with Crippen molar-refractivity contribution in [3.63, 3.8) is 0 Å². The van der Waals surface area contributed by atoms with Crippen molar-refractivity contribution < 1.29 is 9.53 Å². The van der Waals surface area contributed by atoms with Gasteiger partial charge in [0, 0.05) is 13.1 Å². The lowest BCUT2D eigenvalue weighted by molar-refractivity contribution is -0.120. The van der Waals surface area contributed by atoms with Crippen LogP contribution < -0.4 is 10.1 Å². The lowest BCUT2D eigenvalue weighted by Crippen LogP contribution is -2.44. The molecule has 0 spiro atoms. The highest BCUT2D eigenvalue weighted by molar-refractivity contribution is 5.96. The van der Waals surface area contributed by atoms with Crippen LogP contribution in [-0.4, -0.2) is 37.0 Å². The number of nitrogens with zero attached hydrogens (tertiary/aromatic N) is 1. The van der Waals surface area contributed by atoms with Gasteiger partial charge in [-0.25, -0.2) is 0 Å². The Morgan fingerprint density at radius 2 is 1.96 bits per heavy atom. The van der Waals surface area contributed by atoms with Crippen LogP contribution in [-0.2, 0) is 4.79 Å². The first kappa shape index (κ1) is 18.2. The number of amides is 1. The fourth-order valence-corrected chi connectivity index (χ4v) is 3.27. The van der Waals surface area contributed by atoms with Gasteiger partial charge < -0.3 is 10.1 Å². The predicted molar refractivity (Wildman–Crippen MR) is 106 cm³/mol. The maximum atomic E-state index is 12.7. The van der Waals surface area contributed by atoms with Gasteiger partial charge in [0.1, 0.15) is 5.75 Å². The smallest absolute Gasteiger partial charge is 0.241 e. The Kier molecular flexibility index (Phi) is 5.74. The molecule has 2 aromatic carbocycles. The molecular formula is C22H26N2O2. The van der Waals surface area contributed by atoms with Crippen LogP contribution in [0.2, 0.25) is 0 Å². The van der Waals surface area contributed by atoms with Gasteiger partial charge in [0.2, 0.25) is 5.91 Å². The molecule has 1 aliphatic rings. The number of anilines is 1. The first-order valence-electron chi connectivity index (χ1n) is 9.02.